The molecule has 2 aromatic heterocycles. The lowest BCUT2D eigenvalue weighted by Crippen LogP contribution is -2.28. The second-order valence-corrected chi connectivity index (χ2v) is 16.9. The van der Waals surface area contributed by atoms with E-state index in [4.69, 9.17) is 15.0 Å². The molecule has 0 bridgehead atoms. The number of thiophene rings is 1. The smallest absolute Gasteiger partial charge is 0.164 e. The molecule has 0 saturated heterocycles. The molecule has 0 atom stereocenters. The quantitative estimate of drug-likeness (QED) is 0.161. The van der Waals surface area contributed by atoms with E-state index in [1.165, 1.54) is 70.2 Å². The Morgan fingerprint density at radius 1 is 0.306 bits per heavy atom. The van der Waals surface area contributed by atoms with Crippen molar-refractivity contribution < 1.29 is 0 Å². The zero-order valence-corrected chi connectivity index (χ0v) is 34.4. The van der Waals surface area contributed by atoms with Gasteiger partial charge >= 0.3 is 0 Å². The van der Waals surface area contributed by atoms with Crippen LogP contribution in [-0.2, 0) is 5.41 Å². The van der Waals surface area contributed by atoms with E-state index in [1.807, 2.05) is 47.7 Å². The third-order valence-corrected chi connectivity index (χ3v) is 13.6. The van der Waals surface area contributed by atoms with E-state index in [-0.39, 0.29) is 0 Å². The molecular weight excluding hydrogens is 771 g/mol. The van der Waals surface area contributed by atoms with Crippen molar-refractivity contribution in [3.05, 3.63) is 247 Å². The molecule has 12 rings (SSSR count). The fourth-order valence-electron chi connectivity index (χ4n) is 9.78. The van der Waals surface area contributed by atoms with Gasteiger partial charge in [0, 0.05) is 36.9 Å². The minimum Gasteiger partial charge on any atom is -0.208 e. The third-order valence-electron chi connectivity index (χ3n) is 12.4. The van der Waals surface area contributed by atoms with Gasteiger partial charge in [0.15, 0.2) is 17.5 Å². The van der Waals surface area contributed by atoms with Crippen molar-refractivity contribution in [1.29, 1.82) is 0 Å². The second-order valence-electron chi connectivity index (χ2n) is 15.8. The van der Waals surface area contributed by atoms with E-state index in [2.05, 4.69) is 188 Å². The van der Waals surface area contributed by atoms with Crippen molar-refractivity contribution in [2.45, 2.75) is 5.41 Å². The van der Waals surface area contributed by atoms with Crippen molar-refractivity contribution in [2.75, 3.05) is 0 Å². The van der Waals surface area contributed by atoms with E-state index in [0.29, 0.717) is 17.5 Å². The summed E-state index contributed by atoms with van der Waals surface area (Å²) in [7, 11) is 0. The summed E-state index contributed by atoms with van der Waals surface area (Å²) in [5, 5.41) is 2.58. The van der Waals surface area contributed by atoms with E-state index in [9.17, 15) is 0 Å². The molecule has 0 aliphatic heterocycles. The van der Waals surface area contributed by atoms with Gasteiger partial charge in [-0.2, -0.15) is 0 Å². The van der Waals surface area contributed by atoms with Crippen LogP contribution in [0.15, 0.2) is 224 Å². The van der Waals surface area contributed by atoms with Gasteiger partial charge in [0.25, 0.3) is 0 Å². The molecule has 0 fully saturated rings. The Kier molecular flexibility index (Phi) is 8.58. The summed E-state index contributed by atoms with van der Waals surface area (Å²) in [5.41, 5.74) is 14.6. The Hall–Kier alpha value is -7.79. The lowest BCUT2D eigenvalue weighted by molar-refractivity contribution is 0.768. The van der Waals surface area contributed by atoms with E-state index in [0.717, 1.165) is 22.3 Å². The van der Waals surface area contributed by atoms with Crippen molar-refractivity contribution in [3.8, 4) is 67.5 Å². The minimum atomic E-state index is -0.532. The highest BCUT2D eigenvalue weighted by Crippen LogP contribution is 2.60. The van der Waals surface area contributed by atoms with E-state index >= 15 is 0 Å². The molecule has 3 nitrogen and oxygen atoms in total. The molecule has 0 radical (unpaired) electrons. The van der Waals surface area contributed by atoms with Gasteiger partial charge in [0.2, 0.25) is 0 Å². The lowest BCUT2D eigenvalue weighted by atomic mass is 9.67. The van der Waals surface area contributed by atoms with Crippen LogP contribution in [0.4, 0.5) is 0 Å². The van der Waals surface area contributed by atoms with Crippen LogP contribution in [0.1, 0.15) is 22.3 Å². The van der Waals surface area contributed by atoms with Crippen molar-refractivity contribution in [1.82, 2.24) is 15.0 Å². The SMILES string of the molecule is c1ccc(-c2nc(-c3ccccc3)nc(-c3ccc(-c4c(-c5cccc6sc7ccccc7c56)ccc5c4-c4ccccc4C5(c4ccccc4)c4ccccc4)cc3)n2)cc1. The van der Waals surface area contributed by atoms with E-state index in [1.54, 1.807) is 0 Å². The summed E-state index contributed by atoms with van der Waals surface area (Å²) in [6, 6.07) is 80.7. The van der Waals surface area contributed by atoms with Gasteiger partial charge in [-0.1, -0.05) is 212 Å². The number of hydrogen-bond acceptors (Lipinski definition) is 4. The van der Waals surface area contributed by atoms with Crippen LogP contribution in [0.2, 0.25) is 0 Å². The summed E-state index contributed by atoms with van der Waals surface area (Å²) in [5.74, 6) is 1.93. The molecule has 1 aliphatic rings. The van der Waals surface area contributed by atoms with Gasteiger partial charge in [-0.05, 0) is 67.8 Å². The monoisotopic (exact) mass is 807 g/mol. The number of aromatic nitrogens is 3. The molecule has 0 amide bonds. The van der Waals surface area contributed by atoms with Crippen LogP contribution in [-0.4, -0.2) is 15.0 Å². The Morgan fingerprint density at radius 2 is 0.790 bits per heavy atom. The van der Waals surface area contributed by atoms with E-state index < -0.39 is 5.41 Å². The average Bonchev–Trinajstić information content (AvgIpc) is 3.89. The Bertz CT molecular complexity index is 3340. The fraction of sp³-hybridized carbons (Fsp3) is 0.0172. The summed E-state index contributed by atoms with van der Waals surface area (Å²) in [6.45, 7) is 0. The highest BCUT2D eigenvalue weighted by atomic mass is 32.1. The summed E-state index contributed by atoms with van der Waals surface area (Å²) >= 11 is 1.86. The molecule has 0 unspecified atom stereocenters. The zero-order valence-electron chi connectivity index (χ0n) is 33.6. The average molecular weight is 808 g/mol. The molecule has 1 aliphatic carbocycles. The van der Waals surface area contributed by atoms with Crippen LogP contribution >= 0.6 is 11.3 Å². The summed E-state index contributed by atoms with van der Waals surface area (Å²) in [4.78, 5) is 15.1. The number of nitrogens with zero attached hydrogens (tertiary/aromatic N) is 3. The maximum absolute atomic E-state index is 5.08. The molecular formula is C58H37N3S. The molecule has 9 aromatic carbocycles. The number of benzene rings is 9. The van der Waals surface area contributed by atoms with Gasteiger partial charge in [0.1, 0.15) is 0 Å². The molecule has 4 heteroatoms. The number of rotatable bonds is 7. The normalized spacial score (nSPS) is 12.6. The molecule has 0 spiro atoms. The Labute approximate surface area is 364 Å². The van der Waals surface area contributed by atoms with Crippen molar-refractivity contribution >= 4 is 31.5 Å². The minimum absolute atomic E-state index is 0.532. The van der Waals surface area contributed by atoms with Crippen LogP contribution in [0.3, 0.4) is 0 Å². The summed E-state index contributed by atoms with van der Waals surface area (Å²) < 4.78 is 2.58. The maximum atomic E-state index is 5.08. The van der Waals surface area contributed by atoms with Crippen molar-refractivity contribution in [3.63, 3.8) is 0 Å². The first kappa shape index (κ1) is 36.1. The predicted molar refractivity (Wildman–Crippen MR) is 257 cm³/mol. The van der Waals surface area contributed by atoms with Gasteiger partial charge in [0.05, 0.1) is 5.41 Å². The maximum Gasteiger partial charge on any atom is 0.164 e. The van der Waals surface area contributed by atoms with Crippen LogP contribution in [0, 0.1) is 0 Å². The predicted octanol–water partition coefficient (Wildman–Crippen LogP) is 14.9. The van der Waals surface area contributed by atoms with Crippen molar-refractivity contribution in [2.24, 2.45) is 0 Å². The van der Waals surface area contributed by atoms with Gasteiger partial charge in [-0.25, -0.2) is 15.0 Å². The van der Waals surface area contributed by atoms with Crippen LogP contribution in [0.5, 0.6) is 0 Å². The standard InChI is InChI=1S/C58H37N3S/c1-5-18-39(19-6-1)55-59-56(40-20-7-2-8-21-40)61-57(60-55)41-34-32-38(33-35-41)52-45(44-28-17-31-51-53(44)47-27-14-16-30-50(47)62-51)36-37-49-54(52)46-26-13-15-29-48(46)58(49,42-22-9-3-10-23-42)43-24-11-4-12-25-43/h1-37H. The first-order valence-corrected chi connectivity index (χ1v) is 21.8. The first-order chi connectivity index (χ1) is 30.8. The summed E-state index contributed by atoms with van der Waals surface area (Å²) in [6.07, 6.45) is 0. The first-order valence-electron chi connectivity index (χ1n) is 21.0. The molecule has 2 heterocycles. The highest BCUT2D eigenvalue weighted by molar-refractivity contribution is 7.25. The number of hydrogen-bond donors (Lipinski definition) is 0. The third kappa shape index (κ3) is 5.68. The lowest BCUT2D eigenvalue weighted by Gasteiger charge is -2.34. The fourth-order valence-corrected chi connectivity index (χ4v) is 10.9. The second kappa shape index (κ2) is 14.7. The largest absolute Gasteiger partial charge is 0.208 e. The van der Waals surface area contributed by atoms with Crippen LogP contribution in [0.25, 0.3) is 87.7 Å². The molecule has 11 aromatic rings. The van der Waals surface area contributed by atoms with Gasteiger partial charge in [-0.3, -0.25) is 0 Å². The number of fused-ring (bicyclic) bond motifs is 6. The zero-order chi connectivity index (χ0) is 41.0. The van der Waals surface area contributed by atoms with Gasteiger partial charge < -0.3 is 0 Å². The topological polar surface area (TPSA) is 38.7 Å². The Balaban J connectivity index is 1.13. The van der Waals surface area contributed by atoms with Gasteiger partial charge in [-0.15, -0.1) is 11.3 Å². The molecule has 62 heavy (non-hydrogen) atoms. The molecule has 0 saturated carbocycles. The van der Waals surface area contributed by atoms with Crippen LogP contribution < -0.4 is 0 Å². The molecule has 290 valence electrons. The Morgan fingerprint density at radius 3 is 1.42 bits per heavy atom. The molecule has 0 N–H and O–H groups in total. The highest BCUT2D eigenvalue weighted by Gasteiger charge is 2.47.